The van der Waals surface area contributed by atoms with E-state index in [0.29, 0.717) is 17.8 Å². The molecule has 3 aromatic rings. The van der Waals surface area contributed by atoms with Crippen molar-refractivity contribution in [2.75, 3.05) is 5.32 Å². The van der Waals surface area contributed by atoms with Crippen LogP contribution in [0.2, 0.25) is 0 Å². The van der Waals surface area contributed by atoms with Gasteiger partial charge in [0, 0.05) is 29.6 Å². The second-order valence-corrected chi connectivity index (χ2v) is 6.21. The molecule has 0 saturated heterocycles. The van der Waals surface area contributed by atoms with Crippen molar-refractivity contribution in [3.8, 4) is 11.1 Å². The molecule has 0 aromatic carbocycles. The summed E-state index contributed by atoms with van der Waals surface area (Å²) in [6.07, 6.45) is 7.05. The Hall–Kier alpha value is -3.00. The molecule has 25 heavy (non-hydrogen) atoms. The summed E-state index contributed by atoms with van der Waals surface area (Å²) in [5.41, 5.74) is 3.26. The quantitative estimate of drug-likeness (QED) is 0.583. The number of amides is 2. The molecular weight excluding hydrogens is 320 g/mol. The van der Waals surface area contributed by atoms with Crippen LogP contribution in [0.4, 0.5) is 10.6 Å². The highest BCUT2D eigenvalue weighted by Crippen LogP contribution is 2.22. The predicted molar refractivity (Wildman–Crippen MR) is 92.9 cm³/mol. The van der Waals surface area contributed by atoms with Crippen molar-refractivity contribution < 1.29 is 9.90 Å². The third kappa shape index (κ3) is 3.43. The van der Waals surface area contributed by atoms with Crippen molar-refractivity contribution in [3.63, 3.8) is 0 Å². The summed E-state index contributed by atoms with van der Waals surface area (Å²) in [5.74, 6) is 0.453. The fraction of sp³-hybridized carbons (Fsp3) is 0.294. The minimum Gasteiger partial charge on any atom is -0.393 e. The van der Waals surface area contributed by atoms with Gasteiger partial charge in [0.15, 0.2) is 0 Å². The van der Waals surface area contributed by atoms with Crippen LogP contribution in [-0.2, 0) is 0 Å². The van der Waals surface area contributed by atoms with Gasteiger partial charge in [0.1, 0.15) is 5.82 Å². The summed E-state index contributed by atoms with van der Waals surface area (Å²) in [7, 11) is 0. The molecule has 8 heteroatoms. The maximum atomic E-state index is 12.1. The topological polar surface area (TPSA) is 116 Å². The molecule has 0 spiro atoms. The van der Waals surface area contributed by atoms with Crippen LogP contribution in [0, 0.1) is 0 Å². The molecule has 0 aliphatic heterocycles. The molecule has 8 nitrogen and oxygen atoms in total. The highest BCUT2D eigenvalue weighted by molar-refractivity contribution is 5.90. The van der Waals surface area contributed by atoms with Gasteiger partial charge in [-0.2, -0.15) is 5.10 Å². The van der Waals surface area contributed by atoms with E-state index in [9.17, 15) is 9.90 Å². The lowest BCUT2D eigenvalue weighted by atomic mass is 10.1. The lowest BCUT2D eigenvalue weighted by Crippen LogP contribution is -2.36. The number of nitrogens with one attached hydrogen (secondary N) is 3. The van der Waals surface area contributed by atoms with Crippen LogP contribution in [0.25, 0.3) is 22.2 Å². The fourth-order valence-electron chi connectivity index (χ4n) is 3.07. The van der Waals surface area contributed by atoms with E-state index < -0.39 is 0 Å². The van der Waals surface area contributed by atoms with Crippen LogP contribution in [0.15, 0.2) is 36.8 Å². The molecule has 4 N–H and O–H groups in total. The molecule has 3 heterocycles. The van der Waals surface area contributed by atoms with Crippen LogP contribution in [0.1, 0.15) is 19.3 Å². The monoisotopic (exact) mass is 338 g/mol. The zero-order valence-corrected chi connectivity index (χ0v) is 13.4. The molecular formula is C17H18N6O2. The highest BCUT2D eigenvalue weighted by Gasteiger charge is 2.24. The first-order valence-corrected chi connectivity index (χ1v) is 8.19. The van der Waals surface area contributed by atoms with Crippen molar-refractivity contribution in [1.29, 1.82) is 0 Å². The van der Waals surface area contributed by atoms with Gasteiger partial charge in [0.25, 0.3) is 0 Å². The standard InChI is InChI=1S/C17H18N6O2/c24-13-2-1-12(6-13)21-17(25)23-16-4-3-14-15(22-16)5-10(7-18-14)11-8-19-20-9-11/h3-5,7-9,12-13,24H,1-2,6H2,(H,19,20)(H2,21,22,23,25)/t12?,13-/m0/s1. The van der Waals surface area contributed by atoms with E-state index in [1.807, 2.05) is 12.1 Å². The van der Waals surface area contributed by atoms with Crippen LogP contribution in [0.5, 0.6) is 0 Å². The van der Waals surface area contributed by atoms with E-state index in [4.69, 9.17) is 0 Å². The van der Waals surface area contributed by atoms with Gasteiger partial charge in [-0.1, -0.05) is 0 Å². The van der Waals surface area contributed by atoms with Gasteiger partial charge in [0.2, 0.25) is 0 Å². The van der Waals surface area contributed by atoms with Gasteiger partial charge in [-0.3, -0.25) is 15.4 Å². The average Bonchev–Trinajstić information content (AvgIpc) is 3.26. The molecule has 1 saturated carbocycles. The van der Waals surface area contributed by atoms with E-state index in [0.717, 1.165) is 29.5 Å². The molecule has 128 valence electrons. The van der Waals surface area contributed by atoms with Crippen molar-refractivity contribution in [2.45, 2.75) is 31.4 Å². The van der Waals surface area contributed by atoms with Gasteiger partial charge in [-0.25, -0.2) is 9.78 Å². The SMILES string of the molecule is O=C(Nc1ccc2ncc(-c3cn[nH]c3)cc2n1)NC1CC[C@H](O)C1. The molecule has 1 aliphatic rings. The molecule has 1 aliphatic carbocycles. The number of hydrogen-bond donors (Lipinski definition) is 4. The third-order valence-corrected chi connectivity index (χ3v) is 4.35. The summed E-state index contributed by atoms with van der Waals surface area (Å²) in [6, 6.07) is 5.13. The normalized spacial score (nSPS) is 19.9. The molecule has 3 aromatic heterocycles. The van der Waals surface area contributed by atoms with E-state index in [-0.39, 0.29) is 18.2 Å². The first kappa shape index (κ1) is 15.5. The Morgan fingerprint density at radius 2 is 2.12 bits per heavy atom. The Labute approximate surface area is 143 Å². The number of aromatic amines is 1. The number of aliphatic hydroxyl groups is 1. The summed E-state index contributed by atoms with van der Waals surface area (Å²) < 4.78 is 0. The van der Waals surface area contributed by atoms with Gasteiger partial charge >= 0.3 is 6.03 Å². The van der Waals surface area contributed by atoms with Gasteiger partial charge in [-0.15, -0.1) is 0 Å². The van der Waals surface area contributed by atoms with Crippen molar-refractivity contribution >= 4 is 22.9 Å². The van der Waals surface area contributed by atoms with Crippen LogP contribution < -0.4 is 10.6 Å². The molecule has 1 unspecified atom stereocenters. The second kappa shape index (κ2) is 6.48. The van der Waals surface area contributed by atoms with Crippen molar-refractivity contribution in [3.05, 3.63) is 36.8 Å². The summed E-state index contributed by atoms with van der Waals surface area (Å²) in [6.45, 7) is 0. The number of rotatable bonds is 3. The lowest BCUT2D eigenvalue weighted by molar-refractivity contribution is 0.180. The number of nitrogens with zero attached hydrogens (tertiary/aromatic N) is 3. The number of anilines is 1. The highest BCUT2D eigenvalue weighted by atomic mass is 16.3. The number of hydrogen-bond acceptors (Lipinski definition) is 5. The van der Waals surface area contributed by atoms with E-state index in [1.54, 1.807) is 24.7 Å². The van der Waals surface area contributed by atoms with Crippen molar-refractivity contribution in [1.82, 2.24) is 25.5 Å². The number of pyridine rings is 2. The number of carbonyl (C=O) groups excluding carboxylic acids is 1. The van der Waals surface area contributed by atoms with Gasteiger partial charge < -0.3 is 10.4 Å². The first-order chi connectivity index (χ1) is 12.2. The van der Waals surface area contributed by atoms with E-state index in [1.165, 1.54) is 0 Å². The zero-order chi connectivity index (χ0) is 17.2. The Bertz CT molecular complexity index is 895. The van der Waals surface area contributed by atoms with E-state index in [2.05, 4.69) is 30.8 Å². The van der Waals surface area contributed by atoms with Crippen LogP contribution in [0.3, 0.4) is 0 Å². The number of aliphatic hydroxyl groups excluding tert-OH is 1. The maximum absolute atomic E-state index is 12.1. The smallest absolute Gasteiger partial charge is 0.320 e. The number of carbonyl (C=O) groups is 1. The molecule has 1 fully saturated rings. The Morgan fingerprint density at radius 3 is 2.88 bits per heavy atom. The van der Waals surface area contributed by atoms with Crippen LogP contribution in [-0.4, -0.2) is 43.4 Å². The second-order valence-electron chi connectivity index (χ2n) is 6.21. The number of aromatic nitrogens is 4. The minimum absolute atomic E-state index is 0.00446. The minimum atomic E-state index is -0.323. The van der Waals surface area contributed by atoms with Crippen molar-refractivity contribution in [2.24, 2.45) is 0 Å². The van der Waals surface area contributed by atoms with Gasteiger partial charge in [0.05, 0.1) is 23.3 Å². The average molecular weight is 338 g/mol. The predicted octanol–water partition coefficient (Wildman–Crippen LogP) is 2.05. The lowest BCUT2D eigenvalue weighted by Gasteiger charge is -2.13. The Balaban J connectivity index is 1.50. The zero-order valence-electron chi connectivity index (χ0n) is 13.4. The fourth-order valence-corrected chi connectivity index (χ4v) is 3.07. The molecule has 0 radical (unpaired) electrons. The number of urea groups is 1. The molecule has 2 atom stereocenters. The van der Waals surface area contributed by atoms with Gasteiger partial charge in [-0.05, 0) is 37.5 Å². The number of H-pyrrole nitrogens is 1. The molecule has 0 bridgehead atoms. The summed E-state index contributed by atoms with van der Waals surface area (Å²) in [4.78, 5) is 20.9. The first-order valence-electron chi connectivity index (χ1n) is 8.19. The number of fused-ring (bicyclic) bond motifs is 1. The molecule has 4 rings (SSSR count). The third-order valence-electron chi connectivity index (χ3n) is 4.35. The Kier molecular flexibility index (Phi) is 4.02. The molecule has 2 amide bonds. The van der Waals surface area contributed by atoms with E-state index >= 15 is 0 Å². The van der Waals surface area contributed by atoms with Crippen LogP contribution >= 0.6 is 0 Å². The summed E-state index contributed by atoms with van der Waals surface area (Å²) >= 11 is 0. The largest absolute Gasteiger partial charge is 0.393 e. The summed E-state index contributed by atoms with van der Waals surface area (Å²) in [5, 5.41) is 21.8. The Morgan fingerprint density at radius 1 is 1.20 bits per heavy atom. The maximum Gasteiger partial charge on any atom is 0.320 e.